The highest BCUT2D eigenvalue weighted by Crippen LogP contribution is 2.35. The fourth-order valence-corrected chi connectivity index (χ4v) is 3.68. The zero-order valence-corrected chi connectivity index (χ0v) is 12.8. The Morgan fingerprint density at radius 1 is 1.05 bits per heavy atom. The van der Waals surface area contributed by atoms with Gasteiger partial charge < -0.3 is 5.32 Å². The highest BCUT2D eigenvalue weighted by molar-refractivity contribution is 5.85. The molecule has 0 aromatic heterocycles. The molecule has 2 unspecified atom stereocenters. The minimum Gasteiger partial charge on any atom is -0.352 e. The Bertz CT molecular complexity index is 364. The van der Waals surface area contributed by atoms with Crippen LogP contribution in [0.5, 0.6) is 0 Å². The van der Waals surface area contributed by atoms with Crippen LogP contribution in [0.25, 0.3) is 0 Å². The van der Waals surface area contributed by atoms with Crippen molar-refractivity contribution in [2.75, 3.05) is 0 Å². The molecule has 0 spiro atoms. The van der Waals surface area contributed by atoms with E-state index in [1.807, 2.05) is 0 Å². The van der Waals surface area contributed by atoms with Crippen LogP contribution in [0, 0.1) is 22.7 Å². The number of nitrogens with zero attached hydrogens (tertiary/aromatic N) is 1. The molecule has 2 aliphatic rings. The van der Waals surface area contributed by atoms with Crippen LogP contribution in [0.1, 0.15) is 77.6 Å². The summed E-state index contributed by atoms with van der Waals surface area (Å²) in [4.78, 5) is 12.6. The van der Waals surface area contributed by atoms with Crippen LogP contribution in [-0.2, 0) is 4.79 Å². The number of amides is 1. The van der Waals surface area contributed by atoms with Gasteiger partial charge in [0.1, 0.15) is 5.41 Å². The SMILES string of the molecule is CC1CCCC(NC(=O)C2(C#N)CCCCCC2)CC1. The van der Waals surface area contributed by atoms with Crippen LogP contribution in [-0.4, -0.2) is 11.9 Å². The molecular formula is C17H28N2O. The van der Waals surface area contributed by atoms with E-state index in [1.54, 1.807) is 0 Å². The first-order chi connectivity index (χ1) is 9.66. The van der Waals surface area contributed by atoms with Gasteiger partial charge in [0.05, 0.1) is 6.07 Å². The Hall–Kier alpha value is -1.04. The van der Waals surface area contributed by atoms with Crippen LogP contribution in [0.3, 0.4) is 0 Å². The molecule has 0 heterocycles. The monoisotopic (exact) mass is 276 g/mol. The predicted octanol–water partition coefficient (Wildman–Crippen LogP) is 3.94. The number of hydrogen-bond acceptors (Lipinski definition) is 2. The smallest absolute Gasteiger partial charge is 0.240 e. The quantitative estimate of drug-likeness (QED) is 0.777. The lowest BCUT2D eigenvalue weighted by Crippen LogP contribution is -2.44. The maximum atomic E-state index is 12.6. The molecule has 1 N–H and O–H groups in total. The number of nitriles is 1. The van der Waals surface area contributed by atoms with Gasteiger partial charge in [0.25, 0.3) is 0 Å². The molecule has 0 aromatic carbocycles. The molecule has 1 amide bonds. The molecule has 0 radical (unpaired) electrons. The lowest BCUT2D eigenvalue weighted by molar-refractivity contribution is -0.129. The van der Waals surface area contributed by atoms with Gasteiger partial charge in [0.2, 0.25) is 5.91 Å². The summed E-state index contributed by atoms with van der Waals surface area (Å²) >= 11 is 0. The topological polar surface area (TPSA) is 52.9 Å². The van der Waals surface area contributed by atoms with E-state index in [1.165, 1.54) is 19.3 Å². The van der Waals surface area contributed by atoms with E-state index in [-0.39, 0.29) is 5.91 Å². The van der Waals surface area contributed by atoms with Gasteiger partial charge in [-0.15, -0.1) is 0 Å². The van der Waals surface area contributed by atoms with Crippen molar-refractivity contribution < 1.29 is 4.79 Å². The summed E-state index contributed by atoms with van der Waals surface area (Å²) in [6.07, 6.45) is 11.7. The van der Waals surface area contributed by atoms with Crippen LogP contribution < -0.4 is 5.32 Å². The number of rotatable bonds is 2. The van der Waals surface area contributed by atoms with Crippen molar-refractivity contribution in [3.63, 3.8) is 0 Å². The molecule has 2 fully saturated rings. The number of carbonyl (C=O) groups is 1. The van der Waals surface area contributed by atoms with Crippen molar-refractivity contribution in [3.8, 4) is 6.07 Å². The van der Waals surface area contributed by atoms with Crippen LogP contribution in [0.15, 0.2) is 0 Å². The summed E-state index contributed by atoms with van der Waals surface area (Å²) in [6, 6.07) is 2.65. The highest BCUT2D eigenvalue weighted by Gasteiger charge is 2.39. The van der Waals surface area contributed by atoms with E-state index in [0.717, 1.165) is 57.3 Å². The summed E-state index contributed by atoms with van der Waals surface area (Å²) in [5, 5.41) is 12.8. The fraction of sp³-hybridized carbons (Fsp3) is 0.882. The van der Waals surface area contributed by atoms with E-state index >= 15 is 0 Å². The molecule has 3 heteroatoms. The predicted molar refractivity (Wildman–Crippen MR) is 79.9 cm³/mol. The summed E-state index contributed by atoms with van der Waals surface area (Å²) in [5.74, 6) is 0.793. The first kappa shape index (κ1) is 15.4. The Labute approximate surface area is 123 Å². The van der Waals surface area contributed by atoms with Gasteiger partial charge >= 0.3 is 0 Å². The normalized spacial score (nSPS) is 30.6. The average molecular weight is 276 g/mol. The summed E-state index contributed by atoms with van der Waals surface area (Å²) in [5.41, 5.74) is -0.742. The minimum absolute atomic E-state index is 0.0152. The standard InChI is InChI=1S/C17H28N2O/c1-14-7-6-8-15(10-9-14)19-16(20)17(13-18)11-4-2-3-5-12-17/h14-15H,2-12H2,1H3,(H,19,20). The average Bonchev–Trinajstić information content (AvgIpc) is 2.80. The number of nitrogens with one attached hydrogen (secondary N) is 1. The second kappa shape index (κ2) is 7.11. The Balaban J connectivity index is 1.96. The molecule has 0 aromatic rings. The second-order valence-corrected chi connectivity index (χ2v) is 6.89. The van der Waals surface area contributed by atoms with Gasteiger partial charge in [0, 0.05) is 6.04 Å². The zero-order valence-electron chi connectivity index (χ0n) is 12.8. The largest absolute Gasteiger partial charge is 0.352 e. The molecule has 0 bridgehead atoms. The summed E-state index contributed by atoms with van der Waals surface area (Å²) < 4.78 is 0. The Morgan fingerprint density at radius 3 is 2.40 bits per heavy atom. The molecule has 2 atom stereocenters. The molecular weight excluding hydrogens is 248 g/mol. The molecule has 20 heavy (non-hydrogen) atoms. The molecule has 3 nitrogen and oxygen atoms in total. The van der Waals surface area contributed by atoms with Crippen molar-refractivity contribution in [1.82, 2.24) is 5.32 Å². The van der Waals surface area contributed by atoms with Crippen LogP contribution in [0.4, 0.5) is 0 Å². The third-order valence-electron chi connectivity index (χ3n) is 5.20. The van der Waals surface area contributed by atoms with E-state index in [9.17, 15) is 10.1 Å². The van der Waals surface area contributed by atoms with E-state index < -0.39 is 5.41 Å². The van der Waals surface area contributed by atoms with Crippen molar-refractivity contribution in [1.29, 1.82) is 5.26 Å². The first-order valence-electron chi connectivity index (χ1n) is 8.38. The molecule has 2 saturated carbocycles. The first-order valence-corrected chi connectivity index (χ1v) is 8.38. The van der Waals surface area contributed by atoms with Crippen molar-refractivity contribution in [3.05, 3.63) is 0 Å². The lowest BCUT2D eigenvalue weighted by atomic mass is 9.80. The second-order valence-electron chi connectivity index (χ2n) is 6.89. The zero-order chi connectivity index (χ0) is 14.4. The van der Waals surface area contributed by atoms with E-state index in [4.69, 9.17) is 0 Å². The number of carbonyl (C=O) groups excluding carboxylic acids is 1. The summed E-state index contributed by atoms with van der Waals surface area (Å²) in [6.45, 7) is 2.30. The van der Waals surface area contributed by atoms with E-state index in [2.05, 4.69) is 18.3 Å². The summed E-state index contributed by atoms with van der Waals surface area (Å²) in [7, 11) is 0. The molecule has 0 saturated heterocycles. The maximum absolute atomic E-state index is 12.6. The van der Waals surface area contributed by atoms with Crippen molar-refractivity contribution >= 4 is 5.91 Å². The van der Waals surface area contributed by atoms with Gasteiger partial charge in [-0.1, -0.05) is 45.4 Å². The fourth-order valence-electron chi connectivity index (χ4n) is 3.68. The maximum Gasteiger partial charge on any atom is 0.240 e. The highest BCUT2D eigenvalue weighted by atomic mass is 16.2. The van der Waals surface area contributed by atoms with Gasteiger partial charge in [0.15, 0.2) is 0 Å². The van der Waals surface area contributed by atoms with E-state index in [0.29, 0.717) is 6.04 Å². The minimum atomic E-state index is -0.742. The molecule has 112 valence electrons. The third-order valence-corrected chi connectivity index (χ3v) is 5.20. The van der Waals surface area contributed by atoms with Crippen LogP contribution in [0.2, 0.25) is 0 Å². The van der Waals surface area contributed by atoms with Crippen molar-refractivity contribution in [2.24, 2.45) is 11.3 Å². The van der Waals surface area contributed by atoms with Crippen molar-refractivity contribution in [2.45, 2.75) is 83.6 Å². The molecule has 0 aliphatic heterocycles. The van der Waals surface area contributed by atoms with Gasteiger partial charge in [-0.05, 0) is 38.0 Å². The van der Waals surface area contributed by atoms with Gasteiger partial charge in [-0.3, -0.25) is 4.79 Å². The van der Waals surface area contributed by atoms with Gasteiger partial charge in [-0.2, -0.15) is 5.26 Å². The van der Waals surface area contributed by atoms with Crippen LogP contribution >= 0.6 is 0 Å². The Kier molecular flexibility index (Phi) is 5.46. The number of hydrogen-bond donors (Lipinski definition) is 1. The molecule has 2 rings (SSSR count). The lowest BCUT2D eigenvalue weighted by Gasteiger charge is -2.27. The molecule has 2 aliphatic carbocycles. The third kappa shape index (κ3) is 3.75. The Morgan fingerprint density at radius 2 is 1.75 bits per heavy atom. The van der Waals surface area contributed by atoms with Gasteiger partial charge in [-0.25, -0.2) is 0 Å².